The molecule has 0 bridgehead atoms. The molecule has 0 aliphatic heterocycles. The minimum Gasteiger partial charge on any atom is -0.371 e. The lowest BCUT2D eigenvalue weighted by Crippen LogP contribution is -2.25. The first kappa shape index (κ1) is 17.1. The van der Waals surface area contributed by atoms with Crippen molar-refractivity contribution in [2.75, 3.05) is 13.7 Å². The van der Waals surface area contributed by atoms with Crippen LogP contribution in [0.1, 0.15) is 56.9 Å². The number of hydrogen-bond donors (Lipinski definition) is 1. The highest BCUT2D eigenvalue weighted by Crippen LogP contribution is 2.22. The van der Waals surface area contributed by atoms with E-state index in [0.29, 0.717) is 6.04 Å². The second-order valence-electron chi connectivity index (χ2n) is 6.12. The number of hydrogen-bond acceptors (Lipinski definition) is 4. The number of methoxy groups -OCH3 is 1. The van der Waals surface area contributed by atoms with E-state index in [1.807, 2.05) is 13.8 Å². The summed E-state index contributed by atoms with van der Waals surface area (Å²) in [5.74, 6) is 0.763. The van der Waals surface area contributed by atoms with E-state index in [0.717, 1.165) is 36.6 Å². The smallest absolute Gasteiger partial charge is 0.160 e. The van der Waals surface area contributed by atoms with Crippen LogP contribution < -0.4 is 5.32 Å². The zero-order valence-corrected chi connectivity index (χ0v) is 14.0. The van der Waals surface area contributed by atoms with Crippen molar-refractivity contribution in [3.05, 3.63) is 22.8 Å². The summed E-state index contributed by atoms with van der Waals surface area (Å²) in [7, 11) is 1.69. The van der Waals surface area contributed by atoms with Gasteiger partial charge in [-0.1, -0.05) is 13.8 Å². The average Bonchev–Trinajstić information content (AvgIpc) is 2.36. The molecule has 0 saturated heterocycles. The van der Waals surface area contributed by atoms with Crippen LogP contribution in [0, 0.1) is 13.8 Å². The fraction of sp³-hybridized carbons (Fsp3) is 0.750. The van der Waals surface area contributed by atoms with Gasteiger partial charge in [0, 0.05) is 24.5 Å². The lowest BCUT2D eigenvalue weighted by molar-refractivity contribution is 0.0111. The Bertz CT molecular complexity index is 418. The molecule has 0 amide bonds. The second-order valence-corrected chi connectivity index (χ2v) is 6.12. The molecule has 0 aliphatic carbocycles. The summed E-state index contributed by atoms with van der Waals surface area (Å²) in [6.07, 6.45) is 2.13. The molecule has 1 rings (SSSR count). The minimum absolute atomic E-state index is 0.437. The quantitative estimate of drug-likeness (QED) is 0.780. The van der Waals surface area contributed by atoms with Crippen LogP contribution in [0.4, 0.5) is 0 Å². The van der Waals surface area contributed by atoms with Crippen molar-refractivity contribution in [3.8, 4) is 0 Å². The largest absolute Gasteiger partial charge is 0.371 e. The summed E-state index contributed by atoms with van der Waals surface area (Å²) < 4.78 is 5.46. The van der Waals surface area contributed by atoms with Crippen LogP contribution in [0.5, 0.6) is 0 Å². The number of nitrogens with one attached hydrogen (secondary N) is 1. The molecule has 0 saturated carbocycles. The summed E-state index contributed by atoms with van der Waals surface area (Å²) in [5.41, 5.74) is 2.98. The van der Waals surface area contributed by atoms with Gasteiger partial charge >= 0.3 is 0 Å². The van der Waals surface area contributed by atoms with Crippen LogP contribution in [0.2, 0.25) is 0 Å². The SMILES string of the molecule is COC(C)(C)c1nc(C)c(CCCNC(C)C)c(C)n1. The molecule has 0 atom stereocenters. The third kappa shape index (κ3) is 4.53. The van der Waals surface area contributed by atoms with E-state index in [4.69, 9.17) is 4.74 Å². The van der Waals surface area contributed by atoms with Gasteiger partial charge in [0.1, 0.15) is 5.60 Å². The van der Waals surface area contributed by atoms with Crippen molar-refractivity contribution in [1.82, 2.24) is 15.3 Å². The Hall–Kier alpha value is -1.00. The van der Waals surface area contributed by atoms with E-state index in [1.54, 1.807) is 7.11 Å². The van der Waals surface area contributed by atoms with Gasteiger partial charge in [-0.3, -0.25) is 0 Å². The molecule has 4 nitrogen and oxygen atoms in total. The van der Waals surface area contributed by atoms with Crippen LogP contribution in [0.25, 0.3) is 0 Å². The predicted molar refractivity (Wildman–Crippen MR) is 83.0 cm³/mol. The first-order valence-corrected chi connectivity index (χ1v) is 7.41. The summed E-state index contributed by atoms with van der Waals surface area (Å²) in [4.78, 5) is 9.27. The fourth-order valence-corrected chi connectivity index (χ4v) is 2.12. The Kier molecular flexibility index (Phi) is 6.08. The molecule has 20 heavy (non-hydrogen) atoms. The first-order chi connectivity index (χ1) is 9.27. The van der Waals surface area contributed by atoms with Gasteiger partial charge in [0.2, 0.25) is 0 Å². The van der Waals surface area contributed by atoms with Gasteiger partial charge < -0.3 is 10.1 Å². The van der Waals surface area contributed by atoms with Crippen molar-refractivity contribution >= 4 is 0 Å². The van der Waals surface area contributed by atoms with E-state index in [-0.39, 0.29) is 0 Å². The number of ether oxygens (including phenoxy) is 1. The molecule has 0 aromatic carbocycles. The highest BCUT2D eigenvalue weighted by atomic mass is 16.5. The van der Waals surface area contributed by atoms with Gasteiger partial charge in [0.25, 0.3) is 0 Å². The van der Waals surface area contributed by atoms with E-state index < -0.39 is 5.60 Å². The normalized spacial score (nSPS) is 12.2. The summed E-state index contributed by atoms with van der Waals surface area (Å²) in [5, 5.41) is 3.44. The van der Waals surface area contributed by atoms with E-state index in [2.05, 4.69) is 43.0 Å². The predicted octanol–water partition coefficient (Wildman–Crippen LogP) is 2.91. The van der Waals surface area contributed by atoms with Crippen molar-refractivity contribution in [2.45, 2.75) is 66.0 Å². The molecule has 0 aliphatic rings. The molecular weight excluding hydrogens is 250 g/mol. The highest BCUT2D eigenvalue weighted by Gasteiger charge is 2.24. The molecule has 4 heteroatoms. The lowest BCUT2D eigenvalue weighted by Gasteiger charge is -2.23. The van der Waals surface area contributed by atoms with Crippen LogP contribution in [-0.4, -0.2) is 29.7 Å². The number of rotatable bonds is 7. The third-order valence-corrected chi connectivity index (χ3v) is 3.63. The van der Waals surface area contributed by atoms with Crippen LogP contribution in [-0.2, 0) is 16.8 Å². The van der Waals surface area contributed by atoms with Crippen LogP contribution >= 0.6 is 0 Å². The van der Waals surface area contributed by atoms with Gasteiger partial charge in [0.05, 0.1) is 0 Å². The number of aryl methyl sites for hydroxylation is 2. The summed E-state index contributed by atoms with van der Waals surface area (Å²) in [6, 6.07) is 0.540. The molecule has 1 aromatic rings. The maximum atomic E-state index is 5.46. The van der Waals surface area contributed by atoms with E-state index >= 15 is 0 Å². The lowest BCUT2D eigenvalue weighted by atomic mass is 10.0. The van der Waals surface area contributed by atoms with Crippen molar-refractivity contribution in [1.29, 1.82) is 0 Å². The minimum atomic E-state index is -0.437. The maximum Gasteiger partial charge on any atom is 0.160 e. The van der Waals surface area contributed by atoms with Gasteiger partial charge in [-0.05, 0) is 52.6 Å². The number of aromatic nitrogens is 2. The molecule has 1 aromatic heterocycles. The highest BCUT2D eigenvalue weighted by molar-refractivity contribution is 5.25. The molecule has 0 radical (unpaired) electrons. The Labute approximate surface area is 123 Å². The van der Waals surface area contributed by atoms with Crippen molar-refractivity contribution < 1.29 is 4.74 Å². The Balaban J connectivity index is 2.79. The van der Waals surface area contributed by atoms with Crippen molar-refractivity contribution in [2.24, 2.45) is 0 Å². The number of nitrogens with zero attached hydrogens (tertiary/aromatic N) is 2. The zero-order valence-electron chi connectivity index (χ0n) is 14.0. The summed E-state index contributed by atoms with van der Waals surface area (Å²) >= 11 is 0. The van der Waals surface area contributed by atoms with Gasteiger partial charge in [-0.15, -0.1) is 0 Å². The molecule has 0 spiro atoms. The maximum absolute atomic E-state index is 5.46. The van der Waals surface area contributed by atoms with Gasteiger partial charge in [-0.25, -0.2) is 9.97 Å². The second kappa shape index (κ2) is 7.14. The first-order valence-electron chi connectivity index (χ1n) is 7.41. The van der Waals surface area contributed by atoms with Gasteiger partial charge in [-0.2, -0.15) is 0 Å². The van der Waals surface area contributed by atoms with Gasteiger partial charge in [0.15, 0.2) is 5.82 Å². The van der Waals surface area contributed by atoms with Crippen LogP contribution in [0.3, 0.4) is 0 Å². The standard InChI is InChI=1S/C16H29N3O/c1-11(2)17-10-8-9-14-12(3)18-15(19-13(14)4)16(5,6)20-7/h11,17H,8-10H2,1-7H3. The third-order valence-electron chi connectivity index (χ3n) is 3.63. The Morgan fingerprint density at radius 2 is 1.70 bits per heavy atom. The average molecular weight is 279 g/mol. The van der Waals surface area contributed by atoms with Crippen molar-refractivity contribution in [3.63, 3.8) is 0 Å². The molecule has 1 heterocycles. The molecule has 0 fully saturated rings. The van der Waals surface area contributed by atoms with E-state index in [1.165, 1.54) is 5.56 Å². The molecular formula is C16H29N3O. The fourth-order valence-electron chi connectivity index (χ4n) is 2.12. The topological polar surface area (TPSA) is 47.0 Å². The molecule has 1 N–H and O–H groups in total. The molecule has 0 unspecified atom stereocenters. The summed E-state index contributed by atoms with van der Waals surface area (Å²) in [6.45, 7) is 13.5. The zero-order chi connectivity index (χ0) is 15.3. The van der Waals surface area contributed by atoms with E-state index in [9.17, 15) is 0 Å². The van der Waals surface area contributed by atoms with Crippen LogP contribution in [0.15, 0.2) is 0 Å². The monoisotopic (exact) mass is 279 g/mol. The molecule has 114 valence electrons. The Morgan fingerprint density at radius 1 is 1.15 bits per heavy atom. The Morgan fingerprint density at radius 3 is 2.15 bits per heavy atom.